The number of rotatable bonds is 5. The van der Waals surface area contributed by atoms with Crippen molar-refractivity contribution in [2.45, 2.75) is 40.0 Å². The summed E-state index contributed by atoms with van der Waals surface area (Å²) in [4.78, 5) is 10.1. The second-order valence-corrected chi connectivity index (χ2v) is 3.25. The van der Waals surface area contributed by atoms with E-state index in [2.05, 4.69) is 13.8 Å². The predicted octanol–water partition coefficient (Wildman–Crippen LogP) is 2.96. The van der Waals surface area contributed by atoms with Crippen LogP contribution in [0, 0.1) is 5.92 Å². The third-order valence-electron chi connectivity index (χ3n) is 1.80. The van der Waals surface area contributed by atoms with Crippen molar-refractivity contribution in [3.8, 4) is 0 Å². The quantitative estimate of drug-likeness (QED) is 0.439. The zero-order chi connectivity index (χ0) is 8.69. The molecule has 0 aromatic heterocycles. The molecule has 11 heavy (non-hydrogen) atoms. The third kappa shape index (κ3) is 5.84. The first-order valence-corrected chi connectivity index (χ1v) is 4.31. The largest absolute Gasteiger partial charge is 0.299 e. The predicted molar refractivity (Wildman–Crippen MR) is 48.5 cm³/mol. The van der Waals surface area contributed by atoms with Crippen LogP contribution in [0.25, 0.3) is 0 Å². The average Bonchev–Trinajstić information content (AvgIpc) is 1.87. The first-order chi connectivity index (χ1) is 5.20. The molecule has 1 heteroatoms. The van der Waals surface area contributed by atoms with Gasteiger partial charge < -0.3 is 0 Å². The Labute approximate surface area is 69.5 Å². The molecule has 0 N–H and O–H groups in total. The third-order valence-corrected chi connectivity index (χ3v) is 1.80. The summed E-state index contributed by atoms with van der Waals surface area (Å²) in [5.41, 5.74) is 1.20. The van der Waals surface area contributed by atoms with Crippen molar-refractivity contribution < 1.29 is 4.79 Å². The summed E-state index contributed by atoms with van der Waals surface area (Å²) in [7, 11) is 0. The summed E-state index contributed by atoms with van der Waals surface area (Å²) >= 11 is 0. The van der Waals surface area contributed by atoms with Gasteiger partial charge >= 0.3 is 0 Å². The molecule has 1 atom stereocenters. The molecule has 0 aromatic carbocycles. The molecule has 0 rings (SSSR count). The molecule has 1 nitrogen and oxygen atoms in total. The van der Waals surface area contributed by atoms with Gasteiger partial charge in [-0.05, 0) is 25.3 Å². The van der Waals surface area contributed by atoms with Crippen LogP contribution in [0.5, 0.6) is 0 Å². The normalized spacial score (nSPS) is 14.6. The van der Waals surface area contributed by atoms with Crippen LogP contribution in [-0.4, -0.2) is 6.29 Å². The molecule has 0 radical (unpaired) electrons. The number of carbonyl (C=O) groups is 1. The Morgan fingerprint density at radius 3 is 2.64 bits per heavy atom. The molecule has 0 heterocycles. The van der Waals surface area contributed by atoms with E-state index in [1.807, 2.05) is 6.92 Å². The van der Waals surface area contributed by atoms with Gasteiger partial charge in [-0.3, -0.25) is 4.79 Å². The van der Waals surface area contributed by atoms with E-state index in [-0.39, 0.29) is 0 Å². The molecule has 0 aliphatic carbocycles. The number of allylic oxidation sites excluding steroid dienone is 2. The van der Waals surface area contributed by atoms with Crippen LogP contribution >= 0.6 is 0 Å². The monoisotopic (exact) mass is 154 g/mol. The maximum atomic E-state index is 10.1. The highest BCUT2D eigenvalue weighted by Crippen LogP contribution is 2.14. The molecular weight excluding hydrogens is 136 g/mol. The van der Waals surface area contributed by atoms with Crippen LogP contribution in [-0.2, 0) is 4.79 Å². The van der Waals surface area contributed by atoms with Gasteiger partial charge in [0.05, 0.1) is 0 Å². The van der Waals surface area contributed by atoms with Crippen molar-refractivity contribution in [2.24, 2.45) is 5.92 Å². The van der Waals surface area contributed by atoms with Crippen LogP contribution in [0.4, 0.5) is 0 Å². The van der Waals surface area contributed by atoms with Gasteiger partial charge in [0, 0.05) is 0 Å². The maximum Gasteiger partial charge on any atom is 0.142 e. The number of hydrogen-bond acceptors (Lipinski definition) is 1. The highest BCUT2D eigenvalue weighted by Gasteiger charge is 2.00. The number of carbonyl (C=O) groups excluding carboxylic acids is 1. The van der Waals surface area contributed by atoms with Crippen LogP contribution in [0.1, 0.15) is 40.0 Å². The van der Waals surface area contributed by atoms with Gasteiger partial charge in [-0.15, -0.1) is 0 Å². The summed E-state index contributed by atoms with van der Waals surface area (Å²) in [6.07, 6.45) is 6.08. The molecule has 1 unspecified atom stereocenters. The van der Waals surface area contributed by atoms with Crippen molar-refractivity contribution in [2.75, 3.05) is 0 Å². The first-order valence-electron chi connectivity index (χ1n) is 4.31. The first kappa shape index (κ1) is 10.4. The minimum Gasteiger partial charge on any atom is -0.299 e. The standard InChI is InChI=1S/C10H18O/c1-4-5-9(2)8-10(3)6-7-11/h6-7,9H,4-5,8H2,1-3H3/b10-6+. The molecular formula is C10H18O. The second-order valence-electron chi connectivity index (χ2n) is 3.25. The van der Waals surface area contributed by atoms with E-state index in [1.165, 1.54) is 18.4 Å². The van der Waals surface area contributed by atoms with E-state index in [4.69, 9.17) is 0 Å². The van der Waals surface area contributed by atoms with Gasteiger partial charge in [-0.2, -0.15) is 0 Å². The Morgan fingerprint density at radius 1 is 1.55 bits per heavy atom. The molecule has 0 aliphatic rings. The summed E-state index contributed by atoms with van der Waals surface area (Å²) in [6, 6.07) is 0. The van der Waals surface area contributed by atoms with Gasteiger partial charge in [-0.1, -0.05) is 32.3 Å². The molecule has 0 saturated carbocycles. The highest BCUT2D eigenvalue weighted by atomic mass is 16.1. The second kappa shape index (κ2) is 6.14. The summed E-state index contributed by atoms with van der Waals surface area (Å²) in [6.45, 7) is 6.43. The van der Waals surface area contributed by atoms with Gasteiger partial charge in [0.25, 0.3) is 0 Å². The van der Waals surface area contributed by atoms with E-state index in [0.29, 0.717) is 0 Å². The Bertz CT molecular complexity index is 136. The molecule has 0 fully saturated rings. The lowest BCUT2D eigenvalue weighted by Crippen LogP contribution is -1.94. The fourth-order valence-corrected chi connectivity index (χ4v) is 1.33. The summed E-state index contributed by atoms with van der Waals surface area (Å²) in [5, 5.41) is 0. The molecule has 0 saturated heterocycles. The van der Waals surface area contributed by atoms with Gasteiger partial charge in [0.2, 0.25) is 0 Å². The number of hydrogen-bond donors (Lipinski definition) is 0. The van der Waals surface area contributed by atoms with Gasteiger partial charge in [0.15, 0.2) is 0 Å². The maximum absolute atomic E-state index is 10.1. The zero-order valence-electron chi connectivity index (χ0n) is 7.76. The summed E-state index contributed by atoms with van der Waals surface area (Å²) < 4.78 is 0. The minimum absolute atomic E-state index is 0.719. The van der Waals surface area contributed by atoms with Gasteiger partial charge in [-0.25, -0.2) is 0 Å². The van der Waals surface area contributed by atoms with Crippen LogP contribution < -0.4 is 0 Å². The van der Waals surface area contributed by atoms with Crippen LogP contribution in [0.15, 0.2) is 11.6 Å². The molecule has 0 spiro atoms. The zero-order valence-corrected chi connectivity index (χ0v) is 7.76. The van der Waals surface area contributed by atoms with Crippen molar-refractivity contribution in [3.63, 3.8) is 0 Å². The van der Waals surface area contributed by atoms with E-state index < -0.39 is 0 Å². The lowest BCUT2D eigenvalue weighted by molar-refractivity contribution is -0.104. The van der Waals surface area contributed by atoms with Crippen molar-refractivity contribution in [3.05, 3.63) is 11.6 Å². The fourth-order valence-electron chi connectivity index (χ4n) is 1.33. The van der Waals surface area contributed by atoms with Crippen molar-refractivity contribution >= 4 is 6.29 Å². The Balaban J connectivity index is 3.64. The van der Waals surface area contributed by atoms with E-state index in [9.17, 15) is 4.79 Å². The smallest absolute Gasteiger partial charge is 0.142 e. The van der Waals surface area contributed by atoms with E-state index in [0.717, 1.165) is 18.6 Å². The summed E-state index contributed by atoms with van der Waals surface area (Å²) in [5.74, 6) is 0.719. The minimum atomic E-state index is 0.719. The molecule has 0 bridgehead atoms. The van der Waals surface area contributed by atoms with Crippen molar-refractivity contribution in [1.29, 1.82) is 0 Å². The molecule has 64 valence electrons. The molecule has 0 aliphatic heterocycles. The van der Waals surface area contributed by atoms with Crippen molar-refractivity contribution in [1.82, 2.24) is 0 Å². The highest BCUT2D eigenvalue weighted by molar-refractivity contribution is 5.65. The lowest BCUT2D eigenvalue weighted by atomic mass is 9.98. The van der Waals surface area contributed by atoms with Gasteiger partial charge in [0.1, 0.15) is 6.29 Å². The number of aldehydes is 1. The Morgan fingerprint density at radius 2 is 2.18 bits per heavy atom. The topological polar surface area (TPSA) is 17.1 Å². The van der Waals surface area contributed by atoms with E-state index >= 15 is 0 Å². The Kier molecular flexibility index (Phi) is 5.81. The lowest BCUT2D eigenvalue weighted by Gasteiger charge is -2.08. The Hall–Kier alpha value is -0.590. The van der Waals surface area contributed by atoms with E-state index in [1.54, 1.807) is 6.08 Å². The van der Waals surface area contributed by atoms with Crippen LogP contribution in [0.3, 0.4) is 0 Å². The SMILES string of the molecule is CCCC(C)C/C(C)=C/C=O. The fraction of sp³-hybridized carbons (Fsp3) is 0.700. The van der Waals surface area contributed by atoms with Crippen LogP contribution in [0.2, 0.25) is 0 Å². The average molecular weight is 154 g/mol. The molecule has 0 amide bonds. The molecule has 0 aromatic rings.